The quantitative estimate of drug-likeness (QED) is 0.647. The fourth-order valence-corrected chi connectivity index (χ4v) is 6.57. The summed E-state index contributed by atoms with van der Waals surface area (Å²) >= 11 is 0. The van der Waals surface area contributed by atoms with E-state index in [1.807, 2.05) is 27.7 Å². The van der Waals surface area contributed by atoms with Crippen LogP contribution in [0.15, 0.2) is 11.5 Å². The van der Waals surface area contributed by atoms with Crippen LogP contribution in [0.3, 0.4) is 0 Å². The molecule has 7 nitrogen and oxygen atoms in total. The van der Waals surface area contributed by atoms with Crippen molar-refractivity contribution in [1.82, 2.24) is 0 Å². The Morgan fingerprint density at radius 2 is 1.82 bits per heavy atom. The van der Waals surface area contributed by atoms with Crippen molar-refractivity contribution in [3.63, 3.8) is 0 Å². The molecule has 0 amide bonds. The van der Waals surface area contributed by atoms with Crippen molar-refractivity contribution in [2.45, 2.75) is 82.9 Å². The molecule has 7 heteroatoms. The number of ether oxygens (including phenoxy) is 3. The lowest BCUT2D eigenvalue weighted by Crippen LogP contribution is -2.74. The molecule has 5 aliphatic rings. The van der Waals surface area contributed by atoms with E-state index in [0.29, 0.717) is 24.8 Å². The number of carbonyl (C=O) groups is 2. The maximum Gasteiger partial charge on any atom is 0.287 e. The number of Topliss-reactive ketones (excluding diaryl/α,β-unsaturated/α-hetero) is 2. The smallest absolute Gasteiger partial charge is 0.287 e. The van der Waals surface area contributed by atoms with Gasteiger partial charge in [0.05, 0.1) is 35.7 Å². The van der Waals surface area contributed by atoms with Gasteiger partial charge >= 0.3 is 0 Å². The zero-order chi connectivity index (χ0) is 20.3. The summed E-state index contributed by atoms with van der Waals surface area (Å²) in [7, 11) is 0. The first-order valence-corrected chi connectivity index (χ1v) is 10.1. The molecule has 0 aromatic carbocycles. The third kappa shape index (κ3) is 1.91. The Hall–Kier alpha value is -1.44. The van der Waals surface area contributed by atoms with Crippen LogP contribution in [-0.4, -0.2) is 57.9 Å². The zero-order valence-electron chi connectivity index (χ0n) is 16.8. The van der Waals surface area contributed by atoms with Crippen molar-refractivity contribution in [3.8, 4) is 0 Å². The first-order chi connectivity index (χ1) is 13.0. The van der Waals surface area contributed by atoms with E-state index in [0.717, 1.165) is 0 Å². The van der Waals surface area contributed by atoms with Gasteiger partial charge in [-0.1, -0.05) is 13.8 Å². The normalized spacial score (nSPS) is 51.2. The molecule has 2 N–H and O–H groups in total. The van der Waals surface area contributed by atoms with Crippen LogP contribution in [0.4, 0.5) is 0 Å². The minimum absolute atomic E-state index is 0.0830. The van der Waals surface area contributed by atoms with Crippen LogP contribution in [0, 0.1) is 16.7 Å². The van der Waals surface area contributed by atoms with Gasteiger partial charge in [-0.3, -0.25) is 9.59 Å². The Balaban J connectivity index is 1.62. The van der Waals surface area contributed by atoms with E-state index in [1.54, 1.807) is 0 Å². The van der Waals surface area contributed by atoms with Crippen molar-refractivity contribution in [2.24, 2.45) is 16.7 Å². The Morgan fingerprint density at radius 1 is 1.11 bits per heavy atom. The molecule has 0 bridgehead atoms. The van der Waals surface area contributed by atoms with E-state index in [1.165, 1.54) is 0 Å². The number of rotatable bonds is 1. The van der Waals surface area contributed by atoms with Crippen LogP contribution in [-0.2, 0) is 23.8 Å². The summed E-state index contributed by atoms with van der Waals surface area (Å²) < 4.78 is 17.7. The first-order valence-electron chi connectivity index (χ1n) is 10.1. The summed E-state index contributed by atoms with van der Waals surface area (Å²) in [6, 6.07) is 0. The minimum Gasteiger partial charge on any atom is -0.459 e. The number of aliphatic hydroxyl groups is 2. The molecular formula is C21H28O7. The molecule has 0 aromatic rings. The second kappa shape index (κ2) is 5.18. The highest BCUT2D eigenvalue weighted by atomic mass is 16.7. The number of epoxide rings is 1. The van der Waals surface area contributed by atoms with Gasteiger partial charge in [-0.05, 0) is 33.1 Å². The highest BCUT2D eigenvalue weighted by molar-refractivity contribution is 5.98. The highest BCUT2D eigenvalue weighted by Crippen LogP contribution is 2.69. The number of hydrogen-bond donors (Lipinski definition) is 2. The third-order valence-corrected chi connectivity index (χ3v) is 8.52. The molecule has 1 saturated heterocycles. The van der Waals surface area contributed by atoms with Crippen LogP contribution >= 0.6 is 0 Å². The Labute approximate surface area is 164 Å². The molecule has 3 heterocycles. The van der Waals surface area contributed by atoms with Gasteiger partial charge in [-0.2, -0.15) is 0 Å². The second-order valence-corrected chi connectivity index (χ2v) is 10.1. The zero-order valence-corrected chi connectivity index (χ0v) is 16.8. The first kappa shape index (κ1) is 18.6. The fourth-order valence-electron chi connectivity index (χ4n) is 6.57. The topological polar surface area (TPSA) is 106 Å². The van der Waals surface area contributed by atoms with Crippen LogP contribution in [0.1, 0.15) is 53.4 Å². The molecule has 5 rings (SSSR count). The third-order valence-electron chi connectivity index (χ3n) is 8.52. The van der Waals surface area contributed by atoms with Gasteiger partial charge in [0, 0.05) is 11.3 Å². The van der Waals surface area contributed by atoms with E-state index in [-0.39, 0.29) is 42.6 Å². The number of fused-ring (bicyclic) bond motifs is 4. The van der Waals surface area contributed by atoms with Gasteiger partial charge in [0.15, 0.2) is 11.6 Å². The lowest BCUT2D eigenvalue weighted by Gasteiger charge is -2.65. The van der Waals surface area contributed by atoms with Crippen LogP contribution in [0.25, 0.3) is 0 Å². The van der Waals surface area contributed by atoms with Gasteiger partial charge in [0.25, 0.3) is 5.95 Å². The summed E-state index contributed by atoms with van der Waals surface area (Å²) in [6.07, 6.45) is 0.00903. The molecular weight excluding hydrogens is 364 g/mol. The van der Waals surface area contributed by atoms with E-state index in [4.69, 9.17) is 14.2 Å². The number of ketones is 2. The molecule has 7 atom stereocenters. The molecule has 2 aliphatic carbocycles. The van der Waals surface area contributed by atoms with E-state index in [2.05, 4.69) is 0 Å². The predicted octanol–water partition coefficient (Wildman–Crippen LogP) is 1.25. The highest BCUT2D eigenvalue weighted by Gasteiger charge is 2.80. The van der Waals surface area contributed by atoms with Crippen molar-refractivity contribution >= 4 is 11.6 Å². The Kier molecular flexibility index (Phi) is 3.44. The maximum absolute atomic E-state index is 13.4. The van der Waals surface area contributed by atoms with Gasteiger partial charge in [0.2, 0.25) is 0 Å². The number of aliphatic hydroxyl groups excluding tert-OH is 1. The van der Waals surface area contributed by atoms with Crippen molar-refractivity contribution in [3.05, 3.63) is 11.5 Å². The standard InChI is InChI=1S/C21H28O7/c1-18(2)16-14(27-16)15(24)20(4)13-8-11-12(23)7-10(9-22)26-17(11)28-19(13,3)5-6-21(18,20)25/h10,13-14,16,22,25H,5-9H2,1-4H3/t10-,13+,14-,16-,19+,20+,21+/m1/s1. The van der Waals surface area contributed by atoms with Gasteiger partial charge in [-0.15, -0.1) is 0 Å². The van der Waals surface area contributed by atoms with E-state index >= 15 is 0 Å². The number of allylic oxidation sites excluding steroid dienone is 1. The Bertz CT molecular complexity index is 816. The maximum atomic E-state index is 13.4. The molecule has 28 heavy (non-hydrogen) atoms. The lowest BCUT2D eigenvalue weighted by molar-refractivity contribution is -0.265. The van der Waals surface area contributed by atoms with Crippen molar-refractivity contribution < 1.29 is 34.0 Å². The van der Waals surface area contributed by atoms with Gasteiger partial charge in [-0.25, -0.2) is 0 Å². The minimum atomic E-state index is -1.24. The van der Waals surface area contributed by atoms with E-state index in [9.17, 15) is 19.8 Å². The van der Waals surface area contributed by atoms with Gasteiger partial charge in [0.1, 0.15) is 17.8 Å². The molecule has 0 radical (unpaired) electrons. The molecule has 0 unspecified atom stereocenters. The lowest BCUT2D eigenvalue weighted by atomic mass is 9.41. The molecule has 3 aliphatic heterocycles. The second-order valence-electron chi connectivity index (χ2n) is 10.1. The molecule has 0 spiro atoms. The average Bonchev–Trinajstić information content (AvgIpc) is 3.44. The molecule has 3 fully saturated rings. The van der Waals surface area contributed by atoms with Gasteiger partial charge < -0.3 is 24.4 Å². The summed E-state index contributed by atoms with van der Waals surface area (Å²) in [6.45, 7) is 7.45. The van der Waals surface area contributed by atoms with Crippen LogP contribution in [0.5, 0.6) is 0 Å². The van der Waals surface area contributed by atoms with E-state index < -0.39 is 34.2 Å². The fraction of sp³-hybridized carbons (Fsp3) is 0.810. The molecule has 2 saturated carbocycles. The number of carbonyl (C=O) groups excluding carboxylic acids is 2. The molecule has 154 valence electrons. The average molecular weight is 392 g/mol. The van der Waals surface area contributed by atoms with Crippen LogP contribution < -0.4 is 0 Å². The summed E-state index contributed by atoms with van der Waals surface area (Å²) in [5, 5.41) is 21.3. The van der Waals surface area contributed by atoms with Crippen LogP contribution in [0.2, 0.25) is 0 Å². The summed E-state index contributed by atoms with van der Waals surface area (Å²) in [4.78, 5) is 26.1. The van der Waals surface area contributed by atoms with Crippen molar-refractivity contribution in [2.75, 3.05) is 6.61 Å². The van der Waals surface area contributed by atoms with Crippen molar-refractivity contribution in [1.29, 1.82) is 0 Å². The number of hydrogen-bond acceptors (Lipinski definition) is 7. The molecule has 0 aromatic heterocycles. The largest absolute Gasteiger partial charge is 0.459 e. The summed E-state index contributed by atoms with van der Waals surface area (Å²) in [5.74, 6) is -0.387. The Morgan fingerprint density at radius 3 is 2.50 bits per heavy atom. The predicted molar refractivity (Wildman–Crippen MR) is 95.9 cm³/mol. The SMILES string of the molecule is CC1(C)[C@@H]2O[C@@H]2C(=O)[C@]2(C)[C@H]3CC4=C(O[C@@H](CO)CC4=O)O[C@@]3(C)CC[C@]12O. The monoisotopic (exact) mass is 392 g/mol. The summed E-state index contributed by atoms with van der Waals surface area (Å²) in [5.41, 5.74) is -3.22.